The lowest BCUT2D eigenvalue weighted by molar-refractivity contribution is -0.131. The van der Waals surface area contributed by atoms with E-state index < -0.39 is 11.9 Å². The summed E-state index contributed by atoms with van der Waals surface area (Å²) in [5.41, 5.74) is 2.57. The lowest BCUT2D eigenvalue weighted by Crippen LogP contribution is -2.13. The minimum Gasteiger partial charge on any atom is -0.497 e. The number of rotatable bonds is 9. The Morgan fingerprint density at radius 2 is 1.73 bits per heavy atom. The van der Waals surface area contributed by atoms with Crippen molar-refractivity contribution in [3.63, 3.8) is 0 Å². The molecule has 0 heterocycles. The number of carboxylic acid groups (broad SMARTS) is 1. The molecule has 158 valence electrons. The van der Waals surface area contributed by atoms with Crippen molar-refractivity contribution < 1.29 is 28.9 Å². The van der Waals surface area contributed by atoms with Gasteiger partial charge in [-0.25, -0.2) is 4.79 Å². The van der Waals surface area contributed by atoms with Crippen molar-refractivity contribution in [1.82, 2.24) is 0 Å². The molecule has 30 heavy (non-hydrogen) atoms. The molecular weight excluding hydrogens is 384 g/mol. The number of aromatic carboxylic acids is 1. The molecule has 2 rings (SSSR count). The van der Waals surface area contributed by atoms with Crippen LogP contribution in [0.3, 0.4) is 0 Å². The number of ether oxygens (including phenoxy) is 3. The van der Waals surface area contributed by atoms with Gasteiger partial charge in [-0.2, -0.15) is 0 Å². The molecule has 0 unspecified atom stereocenters. The summed E-state index contributed by atoms with van der Waals surface area (Å²) in [6.07, 6.45) is 4.46. The minimum absolute atomic E-state index is 0.00461. The normalized spacial score (nSPS) is 10.7. The molecule has 0 amide bonds. The van der Waals surface area contributed by atoms with Gasteiger partial charge < -0.3 is 19.3 Å². The SMILES string of the molecule is C=C(C)CCc1c(OC)cc(/C=C/c2ccc(OC)cc2)c(C(=O)O)c1OC(C)=O. The van der Waals surface area contributed by atoms with Gasteiger partial charge in [-0.1, -0.05) is 29.9 Å². The van der Waals surface area contributed by atoms with E-state index in [0.717, 1.165) is 16.9 Å². The predicted molar refractivity (Wildman–Crippen MR) is 116 cm³/mol. The Morgan fingerprint density at radius 1 is 1.07 bits per heavy atom. The number of carbonyl (C=O) groups excluding carboxylic acids is 1. The Bertz CT molecular complexity index is 970. The number of methoxy groups -OCH3 is 2. The van der Waals surface area contributed by atoms with Crippen LogP contribution in [0.1, 0.15) is 47.3 Å². The van der Waals surface area contributed by atoms with E-state index in [1.807, 2.05) is 31.2 Å². The first-order valence-corrected chi connectivity index (χ1v) is 9.38. The second-order valence-corrected chi connectivity index (χ2v) is 6.81. The van der Waals surface area contributed by atoms with Crippen LogP contribution in [0.2, 0.25) is 0 Å². The summed E-state index contributed by atoms with van der Waals surface area (Å²) in [4.78, 5) is 23.8. The Hall–Kier alpha value is -3.54. The molecule has 0 radical (unpaired) electrons. The summed E-state index contributed by atoms with van der Waals surface area (Å²) in [5.74, 6) is -0.622. The molecule has 0 aliphatic heterocycles. The smallest absolute Gasteiger partial charge is 0.340 e. The number of esters is 1. The van der Waals surface area contributed by atoms with Crippen LogP contribution >= 0.6 is 0 Å². The van der Waals surface area contributed by atoms with E-state index in [4.69, 9.17) is 14.2 Å². The van der Waals surface area contributed by atoms with E-state index in [-0.39, 0.29) is 11.3 Å². The second-order valence-electron chi connectivity index (χ2n) is 6.81. The molecule has 0 aliphatic rings. The van der Waals surface area contributed by atoms with Crippen LogP contribution in [0.4, 0.5) is 0 Å². The van der Waals surface area contributed by atoms with E-state index in [2.05, 4.69) is 6.58 Å². The summed E-state index contributed by atoms with van der Waals surface area (Å²) in [7, 11) is 3.08. The van der Waals surface area contributed by atoms with Gasteiger partial charge in [-0.15, -0.1) is 6.58 Å². The highest BCUT2D eigenvalue weighted by Crippen LogP contribution is 2.38. The van der Waals surface area contributed by atoms with Crippen LogP contribution in [0, 0.1) is 0 Å². The lowest BCUT2D eigenvalue weighted by atomic mass is 9.96. The van der Waals surface area contributed by atoms with Crippen molar-refractivity contribution in [1.29, 1.82) is 0 Å². The fraction of sp³-hybridized carbons (Fsp3) is 0.250. The summed E-state index contributed by atoms with van der Waals surface area (Å²) < 4.78 is 16.0. The standard InChI is InChI=1S/C24H26O6/c1-15(2)6-13-20-21(29-5)14-18(22(24(26)27)23(20)30-16(3)25)10-7-17-8-11-19(28-4)12-9-17/h7-12,14H,1,6,13H2,2-5H3,(H,26,27)/b10-7+. The summed E-state index contributed by atoms with van der Waals surface area (Å²) >= 11 is 0. The number of allylic oxidation sites excluding steroid dienone is 1. The molecule has 0 atom stereocenters. The van der Waals surface area contributed by atoms with Crippen LogP contribution in [-0.2, 0) is 11.2 Å². The van der Waals surface area contributed by atoms with Gasteiger partial charge in [0.1, 0.15) is 17.1 Å². The van der Waals surface area contributed by atoms with E-state index in [0.29, 0.717) is 29.7 Å². The number of hydrogen-bond donors (Lipinski definition) is 1. The van der Waals surface area contributed by atoms with Gasteiger partial charge in [0.05, 0.1) is 14.2 Å². The fourth-order valence-electron chi connectivity index (χ4n) is 2.96. The van der Waals surface area contributed by atoms with Gasteiger partial charge in [0, 0.05) is 12.5 Å². The van der Waals surface area contributed by atoms with Gasteiger partial charge >= 0.3 is 11.9 Å². The highest BCUT2D eigenvalue weighted by atomic mass is 16.5. The zero-order valence-corrected chi connectivity index (χ0v) is 17.7. The molecule has 6 heteroatoms. The quantitative estimate of drug-likeness (QED) is 0.271. The molecule has 0 saturated heterocycles. The molecule has 0 saturated carbocycles. The molecule has 1 N–H and O–H groups in total. The molecule has 2 aromatic carbocycles. The first-order chi connectivity index (χ1) is 14.3. The average molecular weight is 410 g/mol. The number of carbonyl (C=O) groups is 2. The van der Waals surface area contributed by atoms with Crippen LogP contribution in [0.15, 0.2) is 42.5 Å². The maximum Gasteiger partial charge on any atom is 0.340 e. The molecule has 0 fully saturated rings. The van der Waals surface area contributed by atoms with Crippen molar-refractivity contribution in [2.75, 3.05) is 14.2 Å². The van der Waals surface area contributed by atoms with Gasteiger partial charge in [0.25, 0.3) is 0 Å². The third-order valence-corrected chi connectivity index (χ3v) is 4.43. The average Bonchev–Trinajstić information content (AvgIpc) is 2.70. The van der Waals surface area contributed by atoms with E-state index >= 15 is 0 Å². The molecule has 0 bridgehead atoms. The highest BCUT2D eigenvalue weighted by Gasteiger charge is 2.25. The Kier molecular flexibility index (Phi) is 7.81. The number of benzene rings is 2. The van der Waals surface area contributed by atoms with E-state index in [1.165, 1.54) is 14.0 Å². The minimum atomic E-state index is -1.19. The van der Waals surface area contributed by atoms with Crippen molar-refractivity contribution in [3.8, 4) is 17.2 Å². The van der Waals surface area contributed by atoms with Crippen molar-refractivity contribution >= 4 is 24.1 Å². The summed E-state index contributed by atoms with van der Waals surface area (Å²) in [6, 6.07) is 8.96. The van der Waals surface area contributed by atoms with Crippen LogP contribution in [0.5, 0.6) is 17.2 Å². The number of hydrogen-bond acceptors (Lipinski definition) is 5. The first kappa shape index (κ1) is 22.7. The largest absolute Gasteiger partial charge is 0.497 e. The molecule has 0 aromatic heterocycles. The first-order valence-electron chi connectivity index (χ1n) is 9.38. The maximum absolute atomic E-state index is 12.1. The van der Waals surface area contributed by atoms with E-state index in [1.54, 1.807) is 25.3 Å². The third-order valence-electron chi connectivity index (χ3n) is 4.43. The molecule has 0 aliphatic carbocycles. The Morgan fingerprint density at radius 3 is 2.23 bits per heavy atom. The van der Waals surface area contributed by atoms with Gasteiger partial charge in [0.2, 0.25) is 0 Å². The lowest BCUT2D eigenvalue weighted by Gasteiger charge is -2.18. The Labute approximate surface area is 176 Å². The van der Waals surface area contributed by atoms with Crippen molar-refractivity contribution in [2.45, 2.75) is 26.7 Å². The Balaban J connectivity index is 2.62. The van der Waals surface area contributed by atoms with Gasteiger partial charge in [-0.3, -0.25) is 4.79 Å². The van der Waals surface area contributed by atoms with Crippen LogP contribution < -0.4 is 14.2 Å². The molecule has 0 spiro atoms. The molecular formula is C24H26O6. The monoisotopic (exact) mass is 410 g/mol. The molecule has 6 nitrogen and oxygen atoms in total. The highest BCUT2D eigenvalue weighted by molar-refractivity contribution is 5.98. The third kappa shape index (κ3) is 5.73. The summed E-state index contributed by atoms with van der Waals surface area (Å²) in [6.45, 7) is 7.00. The molecule has 2 aromatic rings. The zero-order chi connectivity index (χ0) is 22.3. The topological polar surface area (TPSA) is 82.1 Å². The second kappa shape index (κ2) is 10.3. The van der Waals surface area contributed by atoms with Crippen molar-refractivity contribution in [2.24, 2.45) is 0 Å². The van der Waals surface area contributed by atoms with Gasteiger partial charge in [-0.05, 0) is 49.1 Å². The number of carboxylic acids is 1. The maximum atomic E-state index is 12.1. The van der Waals surface area contributed by atoms with Gasteiger partial charge in [0.15, 0.2) is 5.75 Å². The van der Waals surface area contributed by atoms with E-state index in [9.17, 15) is 14.7 Å². The predicted octanol–water partition coefficient (Wildman–Crippen LogP) is 5.01. The van der Waals surface area contributed by atoms with Crippen molar-refractivity contribution in [3.05, 3.63) is 64.7 Å². The fourth-order valence-corrected chi connectivity index (χ4v) is 2.96. The van der Waals surface area contributed by atoms with Crippen LogP contribution in [0.25, 0.3) is 12.2 Å². The summed E-state index contributed by atoms with van der Waals surface area (Å²) in [5, 5.41) is 9.89. The van der Waals surface area contributed by atoms with Crippen LogP contribution in [-0.4, -0.2) is 31.3 Å². The zero-order valence-electron chi connectivity index (χ0n) is 17.7.